The second-order valence-corrected chi connectivity index (χ2v) is 6.90. The summed E-state index contributed by atoms with van der Waals surface area (Å²) in [7, 11) is -8.72. The lowest BCUT2D eigenvalue weighted by molar-refractivity contribution is 0.329. The highest BCUT2D eigenvalue weighted by Gasteiger charge is 2.43. The Kier molecular flexibility index (Phi) is 6.22. The van der Waals surface area contributed by atoms with Gasteiger partial charge in [0, 0.05) is 19.5 Å². The molecule has 0 aliphatic rings. The summed E-state index contributed by atoms with van der Waals surface area (Å²) >= 11 is 0. The molecule has 9 nitrogen and oxygen atoms in total. The first-order valence-corrected chi connectivity index (χ1v) is 7.60. The molecule has 0 saturated carbocycles. The molecule has 0 aromatic carbocycles. The van der Waals surface area contributed by atoms with Gasteiger partial charge < -0.3 is 24.7 Å². The number of nitrogens with zero attached hydrogens (tertiary/aromatic N) is 2. The summed E-state index contributed by atoms with van der Waals surface area (Å²) in [5.74, 6) is 0. The van der Waals surface area contributed by atoms with E-state index in [1.54, 1.807) is 0 Å². The minimum atomic E-state index is -4.86. The van der Waals surface area contributed by atoms with Crippen LogP contribution in [0, 0.1) is 0 Å². The zero-order chi connectivity index (χ0) is 13.7. The van der Waals surface area contributed by atoms with Gasteiger partial charge >= 0.3 is 15.2 Å². The fourth-order valence-corrected chi connectivity index (χ4v) is 3.31. The fourth-order valence-electron chi connectivity index (χ4n) is 0.984. The molecule has 0 saturated heterocycles. The molecule has 1 aromatic heterocycles. The number of aliphatic hydroxyl groups excluding tert-OH is 1. The van der Waals surface area contributed by atoms with Crippen LogP contribution in [0.5, 0.6) is 0 Å². The van der Waals surface area contributed by atoms with Crippen LogP contribution in [-0.4, -0.2) is 47.0 Å². The summed E-state index contributed by atoms with van der Waals surface area (Å²) in [6, 6.07) is 1.48. The SMILES string of the molecule is CO.O=P(O)(O)C(Cn1cccn1)P(=O)(O)O. The molecule has 0 radical (unpaired) electrons. The minimum absolute atomic E-state index is 0.526. The lowest BCUT2D eigenvalue weighted by atomic mass is 10.7. The molecule has 1 rings (SSSR count). The molecule has 17 heavy (non-hydrogen) atoms. The van der Waals surface area contributed by atoms with Crippen LogP contribution in [-0.2, 0) is 15.7 Å². The van der Waals surface area contributed by atoms with Crippen LogP contribution in [0.3, 0.4) is 0 Å². The molecule has 0 spiro atoms. The molecule has 5 N–H and O–H groups in total. The molecular formula is C6H14N2O7P2. The number of aromatic nitrogens is 2. The summed E-state index contributed by atoms with van der Waals surface area (Å²) in [4.78, 5) is 35.2. The zero-order valence-electron chi connectivity index (χ0n) is 8.86. The maximum atomic E-state index is 10.9. The first-order valence-electron chi connectivity index (χ1n) is 4.24. The Morgan fingerprint density at radius 3 is 1.94 bits per heavy atom. The maximum Gasteiger partial charge on any atom is 0.342 e. The molecule has 0 bridgehead atoms. The van der Waals surface area contributed by atoms with Crippen molar-refractivity contribution < 1.29 is 33.8 Å². The van der Waals surface area contributed by atoms with E-state index in [0.717, 1.165) is 11.8 Å². The van der Waals surface area contributed by atoms with E-state index in [2.05, 4.69) is 5.10 Å². The van der Waals surface area contributed by atoms with Crippen LogP contribution < -0.4 is 0 Å². The van der Waals surface area contributed by atoms with Crippen LogP contribution in [0.2, 0.25) is 0 Å². The van der Waals surface area contributed by atoms with E-state index in [1.807, 2.05) is 0 Å². The second kappa shape index (κ2) is 6.42. The third kappa shape index (κ3) is 5.56. The van der Waals surface area contributed by atoms with Gasteiger partial charge in [-0.15, -0.1) is 0 Å². The van der Waals surface area contributed by atoms with Gasteiger partial charge in [0.25, 0.3) is 0 Å². The Bertz CT molecular complexity index is 386. The minimum Gasteiger partial charge on any atom is -0.400 e. The molecule has 0 amide bonds. The quantitative estimate of drug-likeness (QED) is 0.450. The molecule has 100 valence electrons. The first-order chi connectivity index (χ1) is 7.71. The van der Waals surface area contributed by atoms with Gasteiger partial charge in [-0.1, -0.05) is 0 Å². The lowest BCUT2D eigenvalue weighted by Gasteiger charge is -2.19. The Hall–Kier alpha value is -0.530. The number of aliphatic hydroxyl groups is 1. The lowest BCUT2D eigenvalue weighted by Crippen LogP contribution is -2.17. The average Bonchev–Trinajstić information content (AvgIpc) is 2.66. The smallest absolute Gasteiger partial charge is 0.342 e. The standard InChI is InChI=1S/C5H10N2O6P2.CH4O/c8-14(9,10)5(15(11,12)13)4-7-3-1-2-6-7;1-2/h1-3,5H,4H2,(H2,8,9,10)(H2,11,12,13);2H,1H3. The van der Waals surface area contributed by atoms with E-state index in [4.69, 9.17) is 24.7 Å². The highest BCUT2D eigenvalue weighted by molar-refractivity contribution is 7.70. The monoisotopic (exact) mass is 288 g/mol. The fraction of sp³-hybridized carbons (Fsp3) is 0.500. The van der Waals surface area contributed by atoms with Crippen molar-refractivity contribution in [3.05, 3.63) is 18.5 Å². The third-order valence-corrected chi connectivity index (χ3v) is 5.37. The molecule has 0 atom stereocenters. The van der Waals surface area contributed by atoms with E-state index in [1.165, 1.54) is 18.5 Å². The van der Waals surface area contributed by atoms with Crippen LogP contribution in [0.1, 0.15) is 0 Å². The van der Waals surface area contributed by atoms with E-state index in [9.17, 15) is 9.13 Å². The van der Waals surface area contributed by atoms with Crippen LogP contribution in [0.4, 0.5) is 0 Å². The molecular weight excluding hydrogens is 274 g/mol. The van der Waals surface area contributed by atoms with E-state index in [-0.39, 0.29) is 0 Å². The Morgan fingerprint density at radius 2 is 1.65 bits per heavy atom. The maximum absolute atomic E-state index is 10.9. The van der Waals surface area contributed by atoms with Crippen molar-refractivity contribution >= 4 is 15.2 Å². The van der Waals surface area contributed by atoms with E-state index < -0.39 is 27.1 Å². The van der Waals surface area contributed by atoms with Crippen molar-refractivity contribution in [3.8, 4) is 0 Å². The van der Waals surface area contributed by atoms with Crippen molar-refractivity contribution in [1.82, 2.24) is 9.78 Å². The number of hydrogen-bond donors (Lipinski definition) is 5. The van der Waals surface area contributed by atoms with Crippen LogP contribution >= 0.6 is 15.2 Å². The Morgan fingerprint density at radius 1 is 1.18 bits per heavy atom. The molecule has 11 heteroatoms. The van der Waals surface area contributed by atoms with Gasteiger partial charge in [-0.2, -0.15) is 5.10 Å². The summed E-state index contributed by atoms with van der Waals surface area (Å²) in [6.07, 6.45) is 2.70. The highest BCUT2D eigenvalue weighted by Crippen LogP contribution is 2.60. The van der Waals surface area contributed by atoms with Crippen molar-refractivity contribution in [2.75, 3.05) is 7.11 Å². The summed E-state index contributed by atoms with van der Waals surface area (Å²) in [5, 5.41) is 8.56. The van der Waals surface area contributed by atoms with Gasteiger partial charge in [-0.25, -0.2) is 0 Å². The highest BCUT2D eigenvalue weighted by atomic mass is 31.2. The Balaban J connectivity index is 0.00000121. The summed E-state index contributed by atoms with van der Waals surface area (Å²) < 4.78 is 22.8. The molecule has 1 heterocycles. The second-order valence-electron chi connectivity index (χ2n) is 2.89. The molecule has 0 fully saturated rings. The molecule has 0 aliphatic heterocycles. The largest absolute Gasteiger partial charge is 0.400 e. The average molecular weight is 288 g/mol. The van der Waals surface area contributed by atoms with Crippen molar-refractivity contribution in [2.45, 2.75) is 11.9 Å². The van der Waals surface area contributed by atoms with Crippen molar-refractivity contribution in [1.29, 1.82) is 0 Å². The van der Waals surface area contributed by atoms with Crippen LogP contribution in [0.15, 0.2) is 18.5 Å². The van der Waals surface area contributed by atoms with Gasteiger partial charge in [0.05, 0.1) is 6.54 Å². The number of rotatable bonds is 4. The van der Waals surface area contributed by atoms with Gasteiger partial charge in [-0.3, -0.25) is 13.8 Å². The summed E-state index contributed by atoms with van der Waals surface area (Å²) in [5.41, 5.74) is 0. The zero-order valence-corrected chi connectivity index (χ0v) is 10.6. The first kappa shape index (κ1) is 16.5. The van der Waals surface area contributed by atoms with Gasteiger partial charge in [0.2, 0.25) is 0 Å². The topological polar surface area (TPSA) is 153 Å². The van der Waals surface area contributed by atoms with E-state index in [0.29, 0.717) is 0 Å². The molecule has 0 unspecified atom stereocenters. The number of hydrogen-bond acceptors (Lipinski definition) is 4. The van der Waals surface area contributed by atoms with Gasteiger partial charge in [-0.05, 0) is 6.07 Å². The van der Waals surface area contributed by atoms with Crippen molar-refractivity contribution in [2.24, 2.45) is 0 Å². The van der Waals surface area contributed by atoms with Crippen LogP contribution in [0.25, 0.3) is 0 Å². The third-order valence-electron chi connectivity index (χ3n) is 1.69. The van der Waals surface area contributed by atoms with Gasteiger partial charge in [0.1, 0.15) is 0 Å². The molecule has 1 aromatic rings. The predicted molar refractivity (Wildman–Crippen MR) is 58.2 cm³/mol. The van der Waals surface area contributed by atoms with E-state index >= 15 is 0 Å². The Labute approximate surface area is 97.0 Å². The molecule has 0 aliphatic carbocycles. The van der Waals surface area contributed by atoms with Crippen molar-refractivity contribution in [3.63, 3.8) is 0 Å². The van der Waals surface area contributed by atoms with Gasteiger partial charge in [0.15, 0.2) is 5.40 Å². The predicted octanol–water partition coefficient (Wildman–Crippen LogP) is -0.827. The normalized spacial score (nSPS) is 12.2. The summed E-state index contributed by atoms with van der Waals surface area (Å²) in [6.45, 7) is -0.526.